The van der Waals surface area contributed by atoms with Crippen LogP contribution in [0.5, 0.6) is 11.5 Å². The molecule has 2 aliphatic rings. The SMILES string of the molecule is C=C1C=CC=CN1/C(NC1CCCCC1)=C(\C)c1ccc(OC)c(O)c1.CC. The standard InChI is InChI=1S/C22H28N2O2.C2H6/c1-16-9-7-8-14-24(16)22(23-19-10-5-4-6-11-19)17(2)18-12-13-21(26-3)20(25)15-18;1-2/h7-9,12-15,19,23,25H,1,4-6,10-11H2,2-3H3;1-2H3/b22-17+;. The summed E-state index contributed by atoms with van der Waals surface area (Å²) < 4.78 is 5.17. The van der Waals surface area contributed by atoms with Gasteiger partial charge in [-0.15, -0.1) is 0 Å². The summed E-state index contributed by atoms with van der Waals surface area (Å²) in [7, 11) is 1.56. The third kappa shape index (κ3) is 5.22. The molecular formula is C24H34N2O2. The number of hydrogen-bond donors (Lipinski definition) is 2. The number of nitrogens with zero attached hydrogens (tertiary/aromatic N) is 1. The molecule has 4 nitrogen and oxygen atoms in total. The smallest absolute Gasteiger partial charge is 0.160 e. The average Bonchev–Trinajstić information content (AvgIpc) is 2.74. The zero-order valence-corrected chi connectivity index (χ0v) is 17.7. The van der Waals surface area contributed by atoms with Crippen LogP contribution in [0.25, 0.3) is 5.57 Å². The maximum Gasteiger partial charge on any atom is 0.160 e. The summed E-state index contributed by atoms with van der Waals surface area (Å²) in [6.07, 6.45) is 14.3. The molecule has 1 heterocycles. The minimum atomic E-state index is 0.147. The molecule has 0 atom stereocenters. The first kappa shape index (κ1) is 21.7. The quantitative estimate of drug-likeness (QED) is 0.662. The number of hydrogen-bond acceptors (Lipinski definition) is 4. The van der Waals surface area contributed by atoms with Gasteiger partial charge in [-0.1, -0.05) is 51.8 Å². The lowest BCUT2D eigenvalue weighted by atomic mass is 9.95. The fourth-order valence-electron chi connectivity index (χ4n) is 3.56. The highest BCUT2D eigenvalue weighted by Crippen LogP contribution is 2.32. The van der Waals surface area contributed by atoms with Crippen LogP contribution in [0.4, 0.5) is 0 Å². The number of benzene rings is 1. The van der Waals surface area contributed by atoms with E-state index in [-0.39, 0.29) is 5.75 Å². The minimum absolute atomic E-state index is 0.147. The lowest BCUT2D eigenvalue weighted by molar-refractivity contribution is 0.367. The van der Waals surface area contributed by atoms with Crippen molar-refractivity contribution >= 4 is 5.57 Å². The van der Waals surface area contributed by atoms with Crippen LogP contribution in [0, 0.1) is 0 Å². The summed E-state index contributed by atoms with van der Waals surface area (Å²) in [5.41, 5.74) is 2.94. The molecular weight excluding hydrogens is 348 g/mol. The lowest BCUT2D eigenvalue weighted by Crippen LogP contribution is -2.37. The highest BCUT2D eigenvalue weighted by atomic mass is 16.5. The van der Waals surface area contributed by atoms with Gasteiger partial charge in [-0.05, 0) is 55.2 Å². The van der Waals surface area contributed by atoms with Crippen LogP contribution in [0.2, 0.25) is 0 Å². The van der Waals surface area contributed by atoms with Crippen LogP contribution in [-0.4, -0.2) is 23.2 Å². The number of nitrogens with one attached hydrogen (secondary N) is 1. The maximum atomic E-state index is 10.2. The highest BCUT2D eigenvalue weighted by Gasteiger charge is 2.21. The Morgan fingerprint density at radius 1 is 1.18 bits per heavy atom. The van der Waals surface area contributed by atoms with Crippen molar-refractivity contribution in [2.24, 2.45) is 0 Å². The summed E-state index contributed by atoms with van der Waals surface area (Å²) in [5.74, 6) is 1.65. The van der Waals surface area contributed by atoms with Gasteiger partial charge >= 0.3 is 0 Å². The molecule has 0 aromatic heterocycles. The van der Waals surface area contributed by atoms with Gasteiger partial charge in [-0.3, -0.25) is 0 Å². The molecule has 1 aromatic rings. The molecule has 4 heteroatoms. The normalized spacial score (nSPS) is 17.6. The van der Waals surface area contributed by atoms with Crippen molar-refractivity contribution in [3.05, 3.63) is 66.3 Å². The fourth-order valence-corrected chi connectivity index (χ4v) is 3.56. The molecule has 152 valence electrons. The van der Waals surface area contributed by atoms with Crippen LogP contribution in [-0.2, 0) is 0 Å². The molecule has 1 saturated carbocycles. The molecule has 2 N–H and O–H groups in total. The van der Waals surface area contributed by atoms with Crippen molar-refractivity contribution in [2.45, 2.75) is 58.9 Å². The average molecular weight is 383 g/mol. The molecule has 3 rings (SSSR count). The van der Waals surface area contributed by atoms with E-state index in [1.165, 1.54) is 32.1 Å². The van der Waals surface area contributed by atoms with E-state index in [9.17, 15) is 5.11 Å². The second-order valence-corrected chi connectivity index (χ2v) is 6.90. The fraction of sp³-hybridized carbons (Fsp3) is 0.417. The second-order valence-electron chi connectivity index (χ2n) is 6.90. The molecule has 0 spiro atoms. The van der Waals surface area contributed by atoms with Crippen molar-refractivity contribution in [1.82, 2.24) is 10.2 Å². The Kier molecular flexibility index (Phi) is 8.24. The molecule has 1 aliphatic carbocycles. The van der Waals surface area contributed by atoms with Gasteiger partial charge in [-0.2, -0.15) is 0 Å². The van der Waals surface area contributed by atoms with E-state index in [4.69, 9.17) is 4.74 Å². The van der Waals surface area contributed by atoms with Gasteiger partial charge in [0.05, 0.1) is 7.11 Å². The second kappa shape index (κ2) is 10.6. The lowest BCUT2D eigenvalue weighted by Gasteiger charge is -2.33. The van der Waals surface area contributed by atoms with E-state index < -0.39 is 0 Å². The summed E-state index contributed by atoms with van der Waals surface area (Å²) in [6, 6.07) is 5.99. The van der Waals surface area contributed by atoms with Crippen LogP contribution in [0.1, 0.15) is 58.4 Å². The number of phenolic OH excluding ortho intramolecular Hbond substituents is 1. The van der Waals surface area contributed by atoms with E-state index in [2.05, 4.69) is 23.7 Å². The first-order chi connectivity index (χ1) is 13.6. The summed E-state index contributed by atoms with van der Waals surface area (Å²) >= 11 is 0. The summed E-state index contributed by atoms with van der Waals surface area (Å²) in [6.45, 7) is 10.3. The van der Waals surface area contributed by atoms with E-state index in [0.717, 1.165) is 22.7 Å². The van der Waals surface area contributed by atoms with Gasteiger partial charge in [0, 0.05) is 17.9 Å². The number of rotatable bonds is 5. The van der Waals surface area contributed by atoms with E-state index in [0.29, 0.717) is 11.8 Å². The minimum Gasteiger partial charge on any atom is -0.504 e. The molecule has 1 aliphatic heterocycles. The van der Waals surface area contributed by atoms with E-state index >= 15 is 0 Å². The van der Waals surface area contributed by atoms with Crippen LogP contribution in [0.15, 0.2) is 60.7 Å². The summed E-state index contributed by atoms with van der Waals surface area (Å²) in [5, 5.41) is 13.9. The molecule has 1 aromatic carbocycles. The van der Waals surface area contributed by atoms with Crippen LogP contribution in [0.3, 0.4) is 0 Å². The van der Waals surface area contributed by atoms with Gasteiger partial charge in [0.1, 0.15) is 5.82 Å². The molecule has 0 amide bonds. The highest BCUT2D eigenvalue weighted by molar-refractivity contribution is 5.69. The number of ether oxygens (including phenoxy) is 1. The van der Waals surface area contributed by atoms with Gasteiger partial charge in [-0.25, -0.2) is 0 Å². The predicted octanol–water partition coefficient (Wildman–Crippen LogP) is 5.94. The van der Waals surface area contributed by atoms with Crippen molar-refractivity contribution < 1.29 is 9.84 Å². The predicted molar refractivity (Wildman–Crippen MR) is 118 cm³/mol. The Labute approximate surface area is 169 Å². The van der Waals surface area contributed by atoms with E-state index in [1.54, 1.807) is 19.2 Å². The third-order valence-corrected chi connectivity index (χ3v) is 5.10. The Balaban J connectivity index is 0.00000136. The van der Waals surface area contributed by atoms with Crippen molar-refractivity contribution in [3.8, 4) is 11.5 Å². The molecule has 0 bridgehead atoms. The summed E-state index contributed by atoms with van der Waals surface area (Å²) in [4.78, 5) is 2.09. The maximum absolute atomic E-state index is 10.2. The number of methoxy groups -OCH3 is 1. The third-order valence-electron chi connectivity index (χ3n) is 5.10. The van der Waals surface area contributed by atoms with Gasteiger partial charge in [0.15, 0.2) is 11.5 Å². The largest absolute Gasteiger partial charge is 0.504 e. The number of phenols is 1. The molecule has 0 radical (unpaired) electrons. The Hall–Kier alpha value is -2.62. The first-order valence-electron chi connectivity index (χ1n) is 10.3. The van der Waals surface area contributed by atoms with Crippen LogP contribution < -0.4 is 10.1 Å². The number of allylic oxidation sites excluding steroid dienone is 4. The molecule has 1 fully saturated rings. The van der Waals surface area contributed by atoms with Crippen molar-refractivity contribution in [1.29, 1.82) is 0 Å². The van der Waals surface area contributed by atoms with Gasteiger partial charge in [0.2, 0.25) is 0 Å². The zero-order valence-electron chi connectivity index (χ0n) is 17.7. The first-order valence-corrected chi connectivity index (χ1v) is 10.3. The Morgan fingerprint density at radius 3 is 2.50 bits per heavy atom. The van der Waals surface area contributed by atoms with E-state index in [1.807, 2.05) is 44.3 Å². The monoisotopic (exact) mass is 382 g/mol. The van der Waals surface area contributed by atoms with Crippen LogP contribution >= 0.6 is 0 Å². The van der Waals surface area contributed by atoms with Gasteiger partial charge in [0.25, 0.3) is 0 Å². The van der Waals surface area contributed by atoms with Gasteiger partial charge < -0.3 is 20.1 Å². The van der Waals surface area contributed by atoms with Crippen molar-refractivity contribution in [3.63, 3.8) is 0 Å². The molecule has 28 heavy (non-hydrogen) atoms. The Morgan fingerprint density at radius 2 is 1.89 bits per heavy atom. The Bertz CT molecular complexity index is 756. The van der Waals surface area contributed by atoms with Crippen molar-refractivity contribution in [2.75, 3.05) is 7.11 Å². The molecule has 0 saturated heterocycles. The number of aromatic hydroxyl groups is 1. The topological polar surface area (TPSA) is 44.7 Å². The zero-order chi connectivity index (χ0) is 20.5. The molecule has 0 unspecified atom stereocenters.